The molecule has 1 aromatic heterocycles. The first-order valence-electron chi connectivity index (χ1n) is 5.05. The average molecular weight is 247 g/mol. The number of carboxylic acids is 1. The molecule has 2 aromatic rings. The summed E-state index contributed by atoms with van der Waals surface area (Å²) < 4.78 is 1.47. The van der Waals surface area contributed by atoms with Crippen LogP contribution in [0.5, 0.6) is 0 Å². The number of rotatable bonds is 1. The van der Waals surface area contributed by atoms with Gasteiger partial charge in [0.2, 0.25) is 5.91 Å². The summed E-state index contributed by atoms with van der Waals surface area (Å²) in [5.41, 5.74) is 1.42. The van der Waals surface area contributed by atoms with Crippen LogP contribution < -0.4 is 5.11 Å². The summed E-state index contributed by atoms with van der Waals surface area (Å²) in [7, 11) is 0. The third kappa shape index (κ3) is 1.52. The lowest BCUT2D eigenvalue weighted by Gasteiger charge is -2.22. The van der Waals surface area contributed by atoms with E-state index < -0.39 is 11.2 Å². The Hall–Kier alpha value is -1.82. The molecular formula is C11H7N2O3S-. The SMILES string of the molecule is O=C([O-])C1CC(=O)n2c(nc3ccccc32)S1. The van der Waals surface area contributed by atoms with Crippen LogP contribution in [0.3, 0.4) is 0 Å². The molecule has 1 unspecified atom stereocenters. The van der Waals surface area contributed by atoms with Crippen LogP contribution >= 0.6 is 11.8 Å². The van der Waals surface area contributed by atoms with Crippen molar-refractivity contribution >= 4 is 34.7 Å². The Labute approximate surface area is 100 Å². The van der Waals surface area contributed by atoms with E-state index >= 15 is 0 Å². The van der Waals surface area contributed by atoms with Crippen molar-refractivity contribution in [1.29, 1.82) is 0 Å². The lowest BCUT2D eigenvalue weighted by Crippen LogP contribution is -2.38. The van der Waals surface area contributed by atoms with Gasteiger partial charge in [-0.1, -0.05) is 23.9 Å². The van der Waals surface area contributed by atoms with Crippen molar-refractivity contribution in [2.24, 2.45) is 0 Å². The number of carboxylic acid groups (broad SMARTS) is 1. The molecule has 3 rings (SSSR count). The van der Waals surface area contributed by atoms with Crippen LogP contribution in [0.2, 0.25) is 0 Å². The second kappa shape index (κ2) is 3.59. The molecule has 17 heavy (non-hydrogen) atoms. The van der Waals surface area contributed by atoms with E-state index in [2.05, 4.69) is 4.98 Å². The maximum atomic E-state index is 11.9. The maximum Gasteiger partial charge on any atom is 0.234 e. The van der Waals surface area contributed by atoms with E-state index in [-0.39, 0.29) is 12.3 Å². The van der Waals surface area contributed by atoms with Crippen LogP contribution in [0.25, 0.3) is 11.0 Å². The van der Waals surface area contributed by atoms with Gasteiger partial charge in [0.1, 0.15) is 0 Å². The standard InChI is InChI=1S/C11H8N2O3S/c14-9-5-8(10(15)16)17-11-12-6-3-1-2-4-7(6)13(9)11/h1-4,8H,5H2,(H,15,16)/p-1. The van der Waals surface area contributed by atoms with Crippen molar-refractivity contribution < 1.29 is 14.7 Å². The zero-order valence-corrected chi connectivity index (χ0v) is 9.44. The molecule has 1 aliphatic rings. The van der Waals surface area contributed by atoms with Crippen LogP contribution in [0.4, 0.5) is 0 Å². The van der Waals surface area contributed by atoms with Gasteiger partial charge in [0.25, 0.3) is 0 Å². The lowest BCUT2D eigenvalue weighted by atomic mass is 10.2. The van der Waals surface area contributed by atoms with Crippen molar-refractivity contribution in [3.63, 3.8) is 0 Å². The van der Waals surface area contributed by atoms with Gasteiger partial charge in [0.15, 0.2) is 5.16 Å². The normalized spacial score (nSPS) is 19.3. The van der Waals surface area contributed by atoms with Crippen molar-refractivity contribution in [2.45, 2.75) is 16.8 Å². The fourth-order valence-corrected chi connectivity index (χ4v) is 2.91. The Morgan fingerprint density at radius 2 is 2.24 bits per heavy atom. The average Bonchev–Trinajstić information content (AvgIpc) is 2.67. The number of hydrogen-bond donors (Lipinski definition) is 0. The topological polar surface area (TPSA) is 75.0 Å². The van der Waals surface area contributed by atoms with Gasteiger partial charge >= 0.3 is 0 Å². The second-order valence-electron chi connectivity index (χ2n) is 3.74. The monoisotopic (exact) mass is 247 g/mol. The van der Waals surface area contributed by atoms with Crippen molar-refractivity contribution in [3.05, 3.63) is 24.3 Å². The van der Waals surface area contributed by atoms with Gasteiger partial charge in [-0.25, -0.2) is 4.98 Å². The van der Waals surface area contributed by atoms with E-state index in [0.717, 1.165) is 17.3 Å². The number of benzene rings is 1. The number of imidazole rings is 1. The number of hydrogen-bond acceptors (Lipinski definition) is 5. The minimum atomic E-state index is -1.22. The van der Waals surface area contributed by atoms with Gasteiger partial charge in [0.05, 0.1) is 22.3 Å². The van der Waals surface area contributed by atoms with E-state index in [1.54, 1.807) is 12.1 Å². The molecule has 5 nitrogen and oxygen atoms in total. The highest BCUT2D eigenvalue weighted by Crippen LogP contribution is 2.33. The number of aromatic nitrogens is 2. The molecule has 0 fully saturated rings. The Morgan fingerprint density at radius 3 is 3.00 bits per heavy atom. The number of para-hydroxylation sites is 2. The number of nitrogens with zero attached hydrogens (tertiary/aromatic N) is 2. The van der Waals surface area contributed by atoms with Crippen LogP contribution in [0.15, 0.2) is 29.4 Å². The summed E-state index contributed by atoms with van der Waals surface area (Å²) in [5.74, 6) is -1.47. The summed E-state index contributed by atoms with van der Waals surface area (Å²) in [6.45, 7) is 0. The number of carbonyl (C=O) groups is 2. The highest BCUT2D eigenvalue weighted by Gasteiger charge is 2.29. The molecular weight excluding hydrogens is 240 g/mol. The Morgan fingerprint density at radius 1 is 1.47 bits per heavy atom. The minimum absolute atomic E-state index is 0.0552. The molecule has 0 spiro atoms. The quantitative estimate of drug-likeness (QED) is 0.724. The predicted molar refractivity (Wildman–Crippen MR) is 59.6 cm³/mol. The molecule has 0 bridgehead atoms. The van der Waals surface area contributed by atoms with E-state index in [0.29, 0.717) is 10.7 Å². The molecule has 0 saturated heterocycles. The Balaban J connectivity index is 2.18. The van der Waals surface area contributed by atoms with Crippen molar-refractivity contribution in [3.8, 4) is 0 Å². The highest BCUT2D eigenvalue weighted by molar-refractivity contribution is 8.00. The van der Waals surface area contributed by atoms with Crippen LogP contribution in [0, 0.1) is 0 Å². The smallest absolute Gasteiger partial charge is 0.234 e. The fourth-order valence-electron chi connectivity index (χ4n) is 1.87. The zero-order chi connectivity index (χ0) is 12.0. The van der Waals surface area contributed by atoms with Crippen molar-refractivity contribution in [1.82, 2.24) is 9.55 Å². The Bertz CT molecular complexity index is 635. The van der Waals surface area contributed by atoms with Gasteiger partial charge in [-0.2, -0.15) is 0 Å². The number of thioether (sulfide) groups is 1. The molecule has 86 valence electrons. The first-order chi connectivity index (χ1) is 8.16. The van der Waals surface area contributed by atoms with Crippen LogP contribution in [-0.2, 0) is 4.79 Å². The molecule has 0 amide bonds. The lowest BCUT2D eigenvalue weighted by molar-refractivity contribution is -0.304. The number of aliphatic carboxylic acids is 1. The van der Waals surface area contributed by atoms with Gasteiger partial charge in [-0.05, 0) is 12.1 Å². The number of fused-ring (bicyclic) bond motifs is 3. The molecule has 0 saturated carbocycles. The molecule has 0 N–H and O–H groups in total. The molecule has 0 aliphatic carbocycles. The minimum Gasteiger partial charge on any atom is -0.549 e. The highest BCUT2D eigenvalue weighted by atomic mass is 32.2. The number of carbonyl (C=O) groups excluding carboxylic acids is 2. The van der Waals surface area contributed by atoms with E-state index in [9.17, 15) is 14.7 Å². The largest absolute Gasteiger partial charge is 0.549 e. The first-order valence-corrected chi connectivity index (χ1v) is 5.93. The van der Waals surface area contributed by atoms with Gasteiger partial charge in [0, 0.05) is 6.42 Å². The summed E-state index contributed by atoms with van der Waals surface area (Å²) in [4.78, 5) is 26.9. The van der Waals surface area contributed by atoms with Crippen LogP contribution in [0.1, 0.15) is 11.2 Å². The molecule has 6 heteroatoms. The summed E-state index contributed by atoms with van der Waals surface area (Å²) in [6, 6.07) is 7.24. The van der Waals surface area contributed by atoms with E-state index in [1.807, 2.05) is 12.1 Å². The summed E-state index contributed by atoms with van der Waals surface area (Å²) in [6.07, 6.45) is -0.0552. The zero-order valence-electron chi connectivity index (χ0n) is 8.62. The Kier molecular flexibility index (Phi) is 2.19. The molecule has 1 atom stereocenters. The fraction of sp³-hybridized carbons (Fsp3) is 0.182. The second-order valence-corrected chi connectivity index (χ2v) is 4.91. The van der Waals surface area contributed by atoms with Crippen LogP contribution in [-0.4, -0.2) is 26.7 Å². The van der Waals surface area contributed by atoms with Gasteiger partial charge < -0.3 is 9.90 Å². The first kappa shape index (κ1) is 10.3. The van der Waals surface area contributed by atoms with E-state index in [4.69, 9.17) is 0 Å². The molecule has 2 heterocycles. The van der Waals surface area contributed by atoms with Gasteiger partial charge in [-0.3, -0.25) is 9.36 Å². The maximum absolute atomic E-state index is 11.9. The van der Waals surface area contributed by atoms with Gasteiger partial charge in [-0.15, -0.1) is 0 Å². The molecule has 1 aliphatic heterocycles. The predicted octanol–water partition coefficient (Wildman–Crippen LogP) is 0.291. The van der Waals surface area contributed by atoms with Crippen molar-refractivity contribution in [2.75, 3.05) is 0 Å². The third-order valence-electron chi connectivity index (χ3n) is 2.65. The summed E-state index contributed by atoms with van der Waals surface area (Å²) in [5, 5.41) is 10.4. The molecule has 1 aromatic carbocycles. The van der Waals surface area contributed by atoms with E-state index in [1.165, 1.54) is 4.57 Å². The summed E-state index contributed by atoms with van der Waals surface area (Å²) >= 11 is 1.06. The molecule has 0 radical (unpaired) electrons. The third-order valence-corrected chi connectivity index (χ3v) is 3.78.